The van der Waals surface area contributed by atoms with Crippen LogP contribution in [0, 0.1) is 11.3 Å². The Kier molecular flexibility index (Phi) is 4.18. The van der Waals surface area contributed by atoms with E-state index in [0.29, 0.717) is 12.1 Å². The van der Waals surface area contributed by atoms with Gasteiger partial charge in [0.25, 0.3) is 0 Å². The van der Waals surface area contributed by atoms with Gasteiger partial charge in [-0.2, -0.15) is 23.5 Å². The highest BCUT2D eigenvalue weighted by Gasteiger charge is 2.33. The number of ketones is 1. The molecule has 0 unspecified atom stereocenters. The molecule has 2 aromatic rings. The molecule has 9 heteroatoms. The Hall–Kier alpha value is -2.04. The molecule has 0 radical (unpaired) electrons. The Morgan fingerprint density at radius 2 is 1.86 bits per heavy atom. The molecule has 0 saturated heterocycles. The Morgan fingerprint density at radius 3 is 2.27 bits per heavy atom. The number of benzene rings is 1. The van der Waals surface area contributed by atoms with Crippen molar-refractivity contribution in [3.8, 4) is 17.3 Å². The van der Waals surface area contributed by atoms with Gasteiger partial charge in [-0.25, -0.2) is 0 Å². The standard InChI is InChI=1S/C13H6Cl2F3N3O/c1-5(22)10-9(4-19)20-21-12(10)11-7(14)2-6(3-8(11)15)13(16,17)18/h2-3H,1H3,(H,20,21). The zero-order valence-electron chi connectivity index (χ0n) is 10.8. The molecule has 1 heterocycles. The molecule has 0 aliphatic carbocycles. The number of aromatic nitrogens is 2. The highest BCUT2D eigenvalue weighted by atomic mass is 35.5. The number of hydrogen-bond acceptors (Lipinski definition) is 3. The molecule has 1 N–H and O–H groups in total. The van der Waals surface area contributed by atoms with Crippen LogP contribution in [0.1, 0.15) is 28.5 Å². The highest BCUT2D eigenvalue weighted by molar-refractivity contribution is 6.39. The van der Waals surface area contributed by atoms with Crippen molar-refractivity contribution >= 4 is 29.0 Å². The van der Waals surface area contributed by atoms with E-state index in [-0.39, 0.29) is 32.6 Å². The van der Waals surface area contributed by atoms with Crippen molar-refractivity contribution in [1.82, 2.24) is 10.2 Å². The zero-order valence-corrected chi connectivity index (χ0v) is 12.4. The van der Waals surface area contributed by atoms with Crippen molar-refractivity contribution in [2.24, 2.45) is 0 Å². The molecule has 0 bridgehead atoms. The number of alkyl halides is 3. The van der Waals surface area contributed by atoms with Crippen LogP contribution in [0.4, 0.5) is 13.2 Å². The lowest BCUT2D eigenvalue weighted by Crippen LogP contribution is -2.05. The van der Waals surface area contributed by atoms with Crippen molar-refractivity contribution in [3.05, 3.63) is 39.0 Å². The summed E-state index contributed by atoms with van der Waals surface area (Å²) in [6, 6.07) is 3.10. The lowest BCUT2D eigenvalue weighted by Gasteiger charge is -2.12. The average Bonchev–Trinajstić information content (AvgIpc) is 2.80. The number of nitrogens with one attached hydrogen (secondary N) is 1. The van der Waals surface area contributed by atoms with Crippen molar-refractivity contribution in [2.45, 2.75) is 13.1 Å². The van der Waals surface area contributed by atoms with E-state index in [4.69, 9.17) is 28.5 Å². The van der Waals surface area contributed by atoms with E-state index in [2.05, 4.69) is 10.2 Å². The lowest BCUT2D eigenvalue weighted by atomic mass is 10.0. The number of aromatic amines is 1. The van der Waals surface area contributed by atoms with E-state index in [9.17, 15) is 18.0 Å². The van der Waals surface area contributed by atoms with Gasteiger partial charge in [0.05, 0.1) is 26.9 Å². The van der Waals surface area contributed by atoms with Crippen LogP contribution < -0.4 is 0 Å². The van der Waals surface area contributed by atoms with Gasteiger partial charge < -0.3 is 0 Å². The number of carbonyl (C=O) groups excluding carboxylic acids is 1. The average molecular weight is 348 g/mol. The van der Waals surface area contributed by atoms with Gasteiger partial charge in [0, 0.05) is 5.56 Å². The molecule has 0 fully saturated rings. The second-order valence-corrected chi connectivity index (χ2v) is 5.12. The summed E-state index contributed by atoms with van der Waals surface area (Å²) < 4.78 is 38.1. The molecule has 0 atom stereocenters. The molecule has 0 aliphatic heterocycles. The molecule has 0 aliphatic rings. The first-order valence-corrected chi connectivity index (χ1v) is 6.48. The molecule has 4 nitrogen and oxygen atoms in total. The van der Waals surface area contributed by atoms with Crippen LogP contribution >= 0.6 is 23.2 Å². The van der Waals surface area contributed by atoms with E-state index in [1.54, 1.807) is 6.07 Å². The molecular weight excluding hydrogens is 342 g/mol. The number of H-pyrrole nitrogens is 1. The Balaban J connectivity index is 2.73. The first kappa shape index (κ1) is 16.3. The lowest BCUT2D eigenvalue weighted by molar-refractivity contribution is -0.137. The number of halogens is 5. The number of carbonyl (C=O) groups is 1. The first-order chi connectivity index (χ1) is 10.2. The maximum atomic E-state index is 12.7. The summed E-state index contributed by atoms with van der Waals surface area (Å²) >= 11 is 11.8. The molecule has 114 valence electrons. The largest absolute Gasteiger partial charge is 0.416 e. The summed E-state index contributed by atoms with van der Waals surface area (Å²) in [5.74, 6) is -0.493. The van der Waals surface area contributed by atoms with E-state index >= 15 is 0 Å². The second-order valence-electron chi connectivity index (χ2n) is 4.30. The van der Waals surface area contributed by atoms with Gasteiger partial charge in [-0.1, -0.05) is 23.2 Å². The Labute approximate surface area is 132 Å². The predicted molar refractivity (Wildman–Crippen MR) is 73.8 cm³/mol. The first-order valence-electron chi connectivity index (χ1n) is 5.72. The summed E-state index contributed by atoms with van der Waals surface area (Å²) in [4.78, 5) is 11.7. The van der Waals surface area contributed by atoms with Crippen molar-refractivity contribution in [3.63, 3.8) is 0 Å². The van der Waals surface area contributed by atoms with Crippen LogP contribution in [0.3, 0.4) is 0 Å². The topological polar surface area (TPSA) is 69.5 Å². The minimum absolute atomic E-state index is 0.00720. The number of hydrogen-bond donors (Lipinski definition) is 1. The molecular formula is C13H6Cl2F3N3O. The van der Waals surface area contributed by atoms with Gasteiger partial charge in [0.1, 0.15) is 6.07 Å². The molecule has 22 heavy (non-hydrogen) atoms. The fourth-order valence-electron chi connectivity index (χ4n) is 1.92. The van der Waals surface area contributed by atoms with Crippen LogP contribution in [-0.2, 0) is 6.18 Å². The van der Waals surface area contributed by atoms with Gasteiger partial charge in [-0.3, -0.25) is 9.89 Å². The minimum atomic E-state index is -4.61. The minimum Gasteiger partial charge on any atom is -0.294 e. The maximum absolute atomic E-state index is 12.7. The zero-order chi connectivity index (χ0) is 16.7. The molecule has 0 amide bonds. The summed E-state index contributed by atoms with van der Waals surface area (Å²) in [5.41, 5.74) is -1.29. The van der Waals surface area contributed by atoms with Gasteiger partial charge in [0.15, 0.2) is 11.5 Å². The van der Waals surface area contributed by atoms with Crippen LogP contribution in [0.15, 0.2) is 12.1 Å². The van der Waals surface area contributed by atoms with Crippen molar-refractivity contribution in [2.75, 3.05) is 0 Å². The smallest absolute Gasteiger partial charge is 0.294 e. The second kappa shape index (κ2) is 5.63. The molecule has 1 aromatic heterocycles. The molecule has 1 aromatic carbocycles. The van der Waals surface area contributed by atoms with Crippen LogP contribution in [0.5, 0.6) is 0 Å². The maximum Gasteiger partial charge on any atom is 0.416 e. The van der Waals surface area contributed by atoms with Gasteiger partial charge in [0.2, 0.25) is 0 Å². The van der Waals surface area contributed by atoms with Crippen molar-refractivity contribution < 1.29 is 18.0 Å². The number of nitrogens with zero attached hydrogens (tertiary/aromatic N) is 2. The summed E-state index contributed by atoms with van der Waals surface area (Å²) in [6.07, 6.45) is -4.61. The summed E-state index contributed by atoms with van der Waals surface area (Å²) in [5, 5.41) is 14.4. The third-order valence-corrected chi connectivity index (χ3v) is 3.44. The van der Waals surface area contributed by atoms with Crippen molar-refractivity contribution in [1.29, 1.82) is 5.26 Å². The van der Waals surface area contributed by atoms with E-state index in [0.717, 1.165) is 0 Å². The van der Waals surface area contributed by atoms with Crippen LogP contribution in [0.2, 0.25) is 10.0 Å². The van der Waals surface area contributed by atoms with E-state index < -0.39 is 17.5 Å². The third kappa shape index (κ3) is 2.80. The van der Waals surface area contributed by atoms with Gasteiger partial charge in [-0.05, 0) is 19.1 Å². The fourth-order valence-corrected chi connectivity index (χ4v) is 2.60. The molecule has 0 spiro atoms. The highest BCUT2D eigenvalue weighted by Crippen LogP contribution is 2.41. The van der Waals surface area contributed by atoms with Gasteiger partial charge >= 0.3 is 6.18 Å². The number of Topliss-reactive ketones (excluding diaryl/α,β-unsaturated/α-hetero) is 1. The van der Waals surface area contributed by atoms with E-state index in [1.165, 1.54) is 6.92 Å². The van der Waals surface area contributed by atoms with E-state index in [1.807, 2.05) is 0 Å². The number of nitriles is 1. The number of rotatable bonds is 2. The Morgan fingerprint density at radius 1 is 1.32 bits per heavy atom. The van der Waals surface area contributed by atoms with Crippen LogP contribution in [0.25, 0.3) is 11.3 Å². The SMILES string of the molecule is CC(=O)c1c(C#N)n[nH]c1-c1c(Cl)cc(C(F)(F)F)cc1Cl. The molecule has 0 saturated carbocycles. The third-order valence-electron chi connectivity index (χ3n) is 2.84. The fraction of sp³-hybridized carbons (Fsp3) is 0.154. The normalized spacial score (nSPS) is 11.3. The van der Waals surface area contributed by atoms with Crippen LogP contribution in [-0.4, -0.2) is 16.0 Å². The Bertz CT molecular complexity index is 783. The van der Waals surface area contributed by atoms with Gasteiger partial charge in [-0.15, -0.1) is 0 Å². The summed E-state index contributed by atoms with van der Waals surface area (Å²) in [6.45, 7) is 1.20. The predicted octanol–water partition coefficient (Wildman–Crippen LogP) is 4.48. The summed E-state index contributed by atoms with van der Waals surface area (Å²) in [7, 11) is 0. The quantitative estimate of drug-likeness (QED) is 0.814. The monoisotopic (exact) mass is 347 g/mol. The molecule has 2 rings (SSSR count).